The lowest BCUT2D eigenvalue weighted by atomic mass is 10.1. The zero-order valence-electron chi connectivity index (χ0n) is 15.0. The third kappa shape index (κ3) is 5.82. The molecule has 1 aromatic carbocycles. The zero-order chi connectivity index (χ0) is 18.6. The van der Waals surface area contributed by atoms with Crippen molar-refractivity contribution in [3.63, 3.8) is 0 Å². The number of aromatic nitrogens is 2. The fourth-order valence-corrected chi connectivity index (χ4v) is 2.69. The van der Waals surface area contributed by atoms with Crippen LogP contribution in [0.1, 0.15) is 33.3 Å². The van der Waals surface area contributed by atoms with Crippen molar-refractivity contribution in [2.75, 3.05) is 5.32 Å². The molecule has 1 aromatic heterocycles. The summed E-state index contributed by atoms with van der Waals surface area (Å²) in [6, 6.07) is 6.82. The maximum absolute atomic E-state index is 12.2. The Bertz CT molecular complexity index is 749. The molecule has 1 heterocycles. The van der Waals surface area contributed by atoms with Crippen LogP contribution in [0.15, 0.2) is 24.3 Å². The second-order valence-electron chi connectivity index (χ2n) is 6.84. The second-order valence-corrected chi connectivity index (χ2v) is 7.82. The monoisotopic (exact) mass is 361 g/mol. The van der Waals surface area contributed by atoms with Gasteiger partial charge in [0.2, 0.25) is 11.0 Å². The predicted octanol–water partition coefficient (Wildman–Crippen LogP) is 2.94. The normalized spacial score (nSPS) is 12.4. The van der Waals surface area contributed by atoms with E-state index in [9.17, 15) is 9.59 Å². The van der Waals surface area contributed by atoms with Crippen molar-refractivity contribution in [3.05, 3.63) is 29.8 Å². The summed E-state index contributed by atoms with van der Waals surface area (Å²) in [4.78, 5) is 24.0. The summed E-state index contributed by atoms with van der Waals surface area (Å²) in [6.07, 6.45) is 0. The van der Waals surface area contributed by atoms with E-state index in [0.29, 0.717) is 5.13 Å². The first-order valence-electron chi connectivity index (χ1n) is 7.94. The van der Waals surface area contributed by atoms with Crippen molar-refractivity contribution in [1.29, 1.82) is 0 Å². The first kappa shape index (κ1) is 18.9. The number of nitrogens with zero attached hydrogens (tertiary/aromatic N) is 2. The number of rotatable bonds is 4. The van der Waals surface area contributed by atoms with E-state index in [1.54, 1.807) is 6.92 Å². The maximum atomic E-state index is 12.2. The van der Waals surface area contributed by atoms with Crippen LogP contribution in [0.5, 0.6) is 0 Å². The molecule has 1 atom stereocenters. The van der Waals surface area contributed by atoms with Crippen molar-refractivity contribution in [1.82, 2.24) is 20.8 Å². The summed E-state index contributed by atoms with van der Waals surface area (Å²) < 4.78 is 0. The Hall–Kier alpha value is -2.48. The first-order chi connectivity index (χ1) is 11.6. The quantitative estimate of drug-likeness (QED) is 0.780. The molecule has 0 bridgehead atoms. The van der Waals surface area contributed by atoms with Gasteiger partial charge in [-0.1, -0.05) is 41.2 Å². The highest BCUT2D eigenvalue weighted by Gasteiger charge is 2.20. The average Bonchev–Trinajstić information content (AvgIpc) is 2.94. The number of carbonyl (C=O) groups excluding carboxylic acids is 2. The third-order valence-corrected chi connectivity index (χ3v) is 4.07. The Morgan fingerprint density at radius 3 is 2.36 bits per heavy atom. The standard InChI is InChI=1S/C17H23N5O2S/c1-10-6-8-12(9-7-10)14-21-22-16(25-14)19-13(23)11(2)18-15(24)20-17(3,4)5/h6-9,11H,1-5H3,(H2,18,20,24)(H,19,22,23)/t11-/m0/s1. The molecule has 3 amide bonds. The average molecular weight is 361 g/mol. The summed E-state index contributed by atoms with van der Waals surface area (Å²) >= 11 is 1.28. The van der Waals surface area contributed by atoms with Gasteiger partial charge in [0.25, 0.3) is 0 Å². The Morgan fingerprint density at radius 1 is 1.12 bits per heavy atom. The Morgan fingerprint density at radius 2 is 1.76 bits per heavy atom. The van der Waals surface area contributed by atoms with Gasteiger partial charge in [0.05, 0.1) is 0 Å². The smallest absolute Gasteiger partial charge is 0.315 e. The van der Waals surface area contributed by atoms with Gasteiger partial charge in [-0.05, 0) is 34.6 Å². The molecule has 0 spiro atoms. The van der Waals surface area contributed by atoms with Crippen LogP contribution < -0.4 is 16.0 Å². The minimum Gasteiger partial charge on any atom is -0.334 e. The highest BCUT2D eigenvalue weighted by atomic mass is 32.1. The van der Waals surface area contributed by atoms with Crippen LogP contribution >= 0.6 is 11.3 Å². The number of urea groups is 1. The summed E-state index contributed by atoms with van der Waals surface area (Å²) in [5, 5.41) is 17.2. The highest BCUT2D eigenvalue weighted by molar-refractivity contribution is 7.18. The summed E-state index contributed by atoms with van der Waals surface area (Å²) in [5.41, 5.74) is 1.73. The molecule has 0 fully saturated rings. The molecule has 0 unspecified atom stereocenters. The van der Waals surface area contributed by atoms with Gasteiger partial charge in [-0.15, -0.1) is 10.2 Å². The van der Waals surface area contributed by atoms with E-state index < -0.39 is 12.1 Å². The van der Waals surface area contributed by atoms with E-state index in [1.165, 1.54) is 11.3 Å². The molecule has 7 nitrogen and oxygen atoms in total. The fourth-order valence-electron chi connectivity index (χ4n) is 1.94. The summed E-state index contributed by atoms with van der Waals surface area (Å²) in [6.45, 7) is 9.22. The van der Waals surface area contributed by atoms with Crippen LogP contribution in [-0.4, -0.2) is 33.7 Å². The third-order valence-electron chi connectivity index (χ3n) is 3.18. The van der Waals surface area contributed by atoms with Gasteiger partial charge < -0.3 is 10.6 Å². The Kier molecular flexibility index (Phi) is 5.73. The molecule has 0 aliphatic heterocycles. The lowest BCUT2D eigenvalue weighted by molar-refractivity contribution is -0.117. The number of aryl methyl sites for hydroxylation is 1. The zero-order valence-corrected chi connectivity index (χ0v) is 15.8. The summed E-state index contributed by atoms with van der Waals surface area (Å²) in [7, 11) is 0. The number of anilines is 1. The molecule has 134 valence electrons. The largest absolute Gasteiger partial charge is 0.334 e. The molecule has 2 rings (SSSR count). The minimum absolute atomic E-state index is 0.351. The number of hydrogen-bond acceptors (Lipinski definition) is 5. The molecule has 0 saturated carbocycles. The molecule has 0 aliphatic rings. The van der Waals surface area contributed by atoms with Gasteiger partial charge in [-0.2, -0.15) is 0 Å². The van der Waals surface area contributed by atoms with E-state index in [1.807, 2.05) is 52.0 Å². The molecule has 8 heteroatoms. The van der Waals surface area contributed by atoms with Gasteiger partial charge in [-0.3, -0.25) is 10.1 Å². The SMILES string of the molecule is Cc1ccc(-c2nnc(NC(=O)[C@H](C)NC(=O)NC(C)(C)C)s2)cc1. The van der Waals surface area contributed by atoms with E-state index in [2.05, 4.69) is 26.1 Å². The molecule has 2 aromatic rings. The van der Waals surface area contributed by atoms with Gasteiger partial charge in [0, 0.05) is 11.1 Å². The van der Waals surface area contributed by atoms with E-state index in [0.717, 1.165) is 16.1 Å². The fraction of sp³-hybridized carbons (Fsp3) is 0.412. The van der Waals surface area contributed by atoms with E-state index in [-0.39, 0.29) is 11.4 Å². The van der Waals surface area contributed by atoms with E-state index >= 15 is 0 Å². The molecular formula is C17H23N5O2S. The molecule has 25 heavy (non-hydrogen) atoms. The lowest BCUT2D eigenvalue weighted by Gasteiger charge is -2.22. The van der Waals surface area contributed by atoms with Crippen LogP contribution in [0.25, 0.3) is 10.6 Å². The molecule has 3 N–H and O–H groups in total. The number of carbonyl (C=O) groups is 2. The van der Waals surface area contributed by atoms with Crippen molar-refractivity contribution >= 4 is 28.4 Å². The Labute approximate surface area is 151 Å². The number of nitrogens with one attached hydrogen (secondary N) is 3. The molecule has 0 radical (unpaired) electrons. The second kappa shape index (κ2) is 7.60. The molecule has 0 saturated heterocycles. The molecule has 0 aliphatic carbocycles. The van der Waals surface area contributed by atoms with Gasteiger partial charge >= 0.3 is 6.03 Å². The maximum Gasteiger partial charge on any atom is 0.315 e. The van der Waals surface area contributed by atoms with Crippen molar-refractivity contribution in [3.8, 4) is 10.6 Å². The van der Waals surface area contributed by atoms with Crippen LogP contribution in [0, 0.1) is 6.92 Å². The van der Waals surface area contributed by atoms with Crippen molar-refractivity contribution < 1.29 is 9.59 Å². The van der Waals surface area contributed by atoms with Crippen LogP contribution in [-0.2, 0) is 4.79 Å². The van der Waals surface area contributed by atoms with Crippen molar-refractivity contribution in [2.24, 2.45) is 0 Å². The minimum atomic E-state index is -0.700. The highest BCUT2D eigenvalue weighted by Crippen LogP contribution is 2.26. The van der Waals surface area contributed by atoms with Crippen molar-refractivity contribution in [2.45, 2.75) is 46.2 Å². The van der Waals surface area contributed by atoms with Gasteiger partial charge in [-0.25, -0.2) is 4.79 Å². The molecular weight excluding hydrogens is 338 g/mol. The van der Waals surface area contributed by atoms with Gasteiger partial charge in [0.15, 0.2) is 0 Å². The number of amides is 3. The van der Waals surface area contributed by atoms with Crippen LogP contribution in [0.3, 0.4) is 0 Å². The predicted molar refractivity (Wildman–Crippen MR) is 99.6 cm³/mol. The topological polar surface area (TPSA) is 96.0 Å². The number of benzene rings is 1. The number of hydrogen-bond donors (Lipinski definition) is 3. The first-order valence-corrected chi connectivity index (χ1v) is 8.76. The van der Waals surface area contributed by atoms with E-state index in [4.69, 9.17) is 0 Å². The Balaban J connectivity index is 1.94. The van der Waals surface area contributed by atoms with Crippen LogP contribution in [0.2, 0.25) is 0 Å². The van der Waals surface area contributed by atoms with Gasteiger partial charge in [0.1, 0.15) is 11.0 Å². The van der Waals surface area contributed by atoms with Crippen LogP contribution in [0.4, 0.5) is 9.93 Å². The lowest BCUT2D eigenvalue weighted by Crippen LogP contribution is -2.51. The summed E-state index contributed by atoms with van der Waals surface area (Å²) in [5.74, 6) is -0.351.